The molecule has 0 aliphatic rings. The summed E-state index contributed by atoms with van der Waals surface area (Å²) in [5.74, 6) is 0.103. The van der Waals surface area contributed by atoms with Gasteiger partial charge in [0.05, 0.1) is 10.2 Å². The van der Waals surface area contributed by atoms with Crippen LogP contribution in [0.1, 0.15) is 45.1 Å². The quantitative estimate of drug-likeness (QED) is 0.268. The second kappa shape index (κ2) is 10.0. The van der Waals surface area contributed by atoms with E-state index in [2.05, 4.69) is 38.7 Å². The molecule has 0 aliphatic carbocycles. The summed E-state index contributed by atoms with van der Waals surface area (Å²) >= 11 is 14.4. The smallest absolute Gasteiger partial charge is 0.186 e. The van der Waals surface area contributed by atoms with Gasteiger partial charge in [-0.3, -0.25) is 5.43 Å². The van der Waals surface area contributed by atoms with Crippen LogP contribution >= 0.6 is 39.7 Å². The van der Waals surface area contributed by atoms with E-state index in [1.54, 1.807) is 19.1 Å². The van der Waals surface area contributed by atoms with Crippen molar-refractivity contribution in [3.8, 4) is 5.75 Å². The van der Waals surface area contributed by atoms with E-state index in [0.29, 0.717) is 25.9 Å². The Kier molecular flexibility index (Phi) is 8.75. The van der Waals surface area contributed by atoms with Crippen molar-refractivity contribution in [2.75, 3.05) is 6.54 Å². The number of nitrogens with one attached hydrogen (secondary N) is 2. The van der Waals surface area contributed by atoms with E-state index in [1.165, 1.54) is 19.3 Å². The molecule has 4 nitrogen and oxygen atoms in total. The minimum atomic E-state index is 0.103. The van der Waals surface area contributed by atoms with E-state index >= 15 is 0 Å². The lowest BCUT2D eigenvalue weighted by Crippen LogP contribution is -2.33. The van der Waals surface area contributed by atoms with Gasteiger partial charge in [0, 0.05) is 17.1 Å². The Balaban J connectivity index is 2.54. The predicted octanol–water partition coefficient (Wildman–Crippen LogP) is 4.58. The molecule has 0 atom stereocenters. The highest BCUT2D eigenvalue weighted by atomic mass is 79.9. The maximum absolute atomic E-state index is 10.0. The van der Waals surface area contributed by atoms with Crippen LogP contribution in [0, 0.1) is 0 Å². The highest BCUT2D eigenvalue weighted by Crippen LogP contribution is 2.31. The first-order valence-electron chi connectivity index (χ1n) is 7.22. The molecule has 0 heterocycles. The molecule has 22 heavy (non-hydrogen) atoms. The Morgan fingerprint density at radius 3 is 2.77 bits per heavy atom. The van der Waals surface area contributed by atoms with Crippen LogP contribution in [0.2, 0.25) is 5.02 Å². The molecule has 1 aromatic carbocycles. The number of benzene rings is 1. The van der Waals surface area contributed by atoms with Crippen LogP contribution in [0.15, 0.2) is 21.7 Å². The number of phenolic OH excluding ortho intramolecular Hbond substituents is 1. The van der Waals surface area contributed by atoms with E-state index in [-0.39, 0.29) is 5.75 Å². The molecule has 1 rings (SSSR count). The van der Waals surface area contributed by atoms with Gasteiger partial charge in [-0.05, 0) is 53.6 Å². The van der Waals surface area contributed by atoms with Gasteiger partial charge >= 0.3 is 0 Å². The Morgan fingerprint density at radius 2 is 2.09 bits per heavy atom. The molecule has 0 saturated carbocycles. The van der Waals surface area contributed by atoms with Gasteiger partial charge in [-0.15, -0.1) is 0 Å². The van der Waals surface area contributed by atoms with E-state index in [9.17, 15) is 5.11 Å². The van der Waals surface area contributed by atoms with Crippen LogP contribution in [0.25, 0.3) is 0 Å². The summed E-state index contributed by atoms with van der Waals surface area (Å²) in [6, 6.07) is 3.28. The fraction of sp³-hybridized carbons (Fsp3) is 0.467. The third kappa shape index (κ3) is 6.50. The van der Waals surface area contributed by atoms with Gasteiger partial charge in [-0.2, -0.15) is 5.10 Å². The van der Waals surface area contributed by atoms with Crippen LogP contribution in [0.4, 0.5) is 0 Å². The number of aromatic hydroxyl groups is 1. The van der Waals surface area contributed by atoms with Gasteiger partial charge in [-0.25, -0.2) is 0 Å². The summed E-state index contributed by atoms with van der Waals surface area (Å²) in [5.41, 5.74) is 3.92. The van der Waals surface area contributed by atoms with Crippen molar-refractivity contribution in [2.45, 2.75) is 39.5 Å². The van der Waals surface area contributed by atoms with Crippen molar-refractivity contribution in [1.29, 1.82) is 0 Å². The minimum absolute atomic E-state index is 0.103. The molecule has 0 aliphatic heterocycles. The van der Waals surface area contributed by atoms with Crippen LogP contribution in [0.3, 0.4) is 0 Å². The number of unbranched alkanes of at least 4 members (excludes halogenated alkanes) is 3. The van der Waals surface area contributed by atoms with Crippen LogP contribution < -0.4 is 10.7 Å². The third-order valence-electron chi connectivity index (χ3n) is 3.06. The molecule has 0 radical (unpaired) electrons. The number of hydrogen-bond acceptors (Lipinski definition) is 3. The fourth-order valence-electron chi connectivity index (χ4n) is 1.83. The van der Waals surface area contributed by atoms with Crippen LogP contribution in [-0.2, 0) is 0 Å². The van der Waals surface area contributed by atoms with Crippen molar-refractivity contribution in [3.05, 3.63) is 27.2 Å². The molecular formula is C15H21BrClN3OS. The summed E-state index contributed by atoms with van der Waals surface area (Å²) in [4.78, 5) is 0. The SMILES string of the molecule is CCCCCCNC(=S)N/N=C(\C)c1cc(Cl)cc(Br)c1O. The topological polar surface area (TPSA) is 56.7 Å². The monoisotopic (exact) mass is 405 g/mol. The molecule has 122 valence electrons. The Bertz CT molecular complexity index is 552. The third-order valence-corrected chi connectivity index (χ3v) is 4.12. The Morgan fingerprint density at radius 1 is 1.36 bits per heavy atom. The zero-order chi connectivity index (χ0) is 16.5. The number of hydrogen-bond donors (Lipinski definition) is 3. The molecule has 0 saturated heterocycles. The zero-order valence-electron chi connectivity index (χ0n) is 12.7. The number of halogens is 2. The lowest BCUT2D eigenvalue weighted by molar-refractivity contribution is 0.470. The fourth-order valence-corrected chi connectivity index (χ4v) is 2.79. The van der Waals surface area contributed by atoms with E-state index in [1.807, 2.05) is 0 Å². The molecule has 0 aromatic heterocycles. The maximum Gasteiger partial charge on any atom is 0.186 e. The molecule has 0 fully saturated rings. The first kappa shape index (κ1) is 19.2. The lowest BCUT2D eigenvalue weighted by atomic mass is 10.1. The molecule has 0 amide bonds. The average molecular weight is 407 g/mol. The summed E-state index contributed by atoms with van der Waals surface area (Å²) in [6.07, 6.45) is 4.73. The summed E-state index contributed by atoms with van der Waals surface area (Å²) < 4.78 is 0.529. The highest BCUT2D eigenvalue weighted by molar-refractivity contribution is 9.10. The van der Waals surface area contributed by atoms with Gasteiger partial charge in [0.15, 0.2) is 5.11 Å². The summed E-state index contributed by atoms with van der Waals surface area (Å²) in [5, 5.41) is 18.3. The molecule has 0 unspecified atom stereocenters. The number of hydrazone groups is 1. The maximum atomic E-state index is 10.0. The molecule has 7 heteroatoms. The van der Waals surface area contributed by atoms with Crippen molar-refractivity contribution in [2.24, 2.45) is 5.10 Å². The minimum Gasteiger partial charge on any atom is -0.506 e. The Hall–Kier alpha value is -0.850. The zero-order valence-corrected chi connectivity index (χ0v) is 15.9. The second-order valence-corrected chi connectivity index (χ2v) is 6.61. The standard InChI is InChI=1S/C15H21BrClN3OS/c1-3-4-5-6-7-18-15(22)20-19-10(2)12-8-11(17)9-13(16)14(12)21/h8-9,21H,3-7H2,1-2H3,(H2,18,20,22)/b19-10+. The number of thiocarbonyl (C=S) groups is 1. The van der Waals surface area contributed by atoms with Gasteiger partial charge in [-0.1, -0.05) is 37.8 Å². The number of nitrogens with zero attached hydrogens (tertiary/aromatic N) is 1. The lowest BCUT2D eigenvalue weighted by Gasteiger charge is -2.09. The van der Waals surface area contributed by atoms with Gasteiger partial charge in [0.1, 0.15) is 5.75 Å². The summed E-state index contributed by atoms with van der Waals surface area (Å²) in [7, 11) is 0. The number of phenols is 1. The summed E-state index contributed by atoms with van der Waals surface area (Å²) in [6.45, 7) is 4.78. The van der Waals surface area contributed by atoms with Gasteiger partial charge < -0.3 is 10.4 Å². The van der Waals surface area contributed by atoms with Crippen molar-refractivity contribution >= 4 is 50.6 Å². The molecular weight excluding hydrogens is 386 g/mol. The van der Waals surface area contributed by atoms with E-state index < -0.39 is 0 Å². The van der Waals surface area contributed by atoms with E-state index in [0.717, 1.165) is 13.0 Å². The van der Waals surface area contributed by atoms with E-state index in [4.69, 9.17) is 23.8 Å². The average Bonchev–Trinajstić information content (AvgIpc) is 2.48. The highest BCUT2D eigenvalue weighted by Gasteiger charge is 2.10. The first-order chi connectivity index (χ1) is 10.5. The second-order valence-electron chi connectivity index (χ2n) is 4.91. The van der Waals surface area contributed by atoms with Crippen molar-refractivity contribution in [3.63, 3.8) is 0 Å². The van der Waals surface area contributed by atoms with Crippen LogP contribution in [0.5, 0.6) is 5.75 Å². The molecule has 0 bridgehead atoms. The molecule has 3 N–H and O–H groups in total. The Labute approximate surface area is 150 Å². The predicted molar refractivity (Wildman–Crippen MR) is 101 cm³/mol. The molecule has 0 spiro atoms. The number of rotatable bonds is 7. The van der Waals surface area contributed by atoms with Gasteiger partial charge in [0.25, 0.3) is 0 Å². The largest absolute Gasteiger partial charge is 0.506 e. The van der Waals surface area contributed by atoms with Gasteiger partial charge in [0.2, 0.25) is 0 Å². The normalized spacial score (nSPS) is 11.4. The van der Waals surface area contributed by atoms with Crippen LogP contribution in [-0.4, -0.2) is 22.5 Å². The van der Waals surface area contributed by atoms with Crippen molar-refractivity contribution in [1.82, 2.24) is 10.7 Å². The first-order valence-corrected chi connectivity index (χ1v) is 8.80. The molecule has 1 aromatic rings. The van der Waals surface area contributed by atoms with Crippen molar-refractivity contribution < 1.29 is 5.11 Å².